The molecule has 0 aliphatic rings. The summed E-state index contributed by atoms with van der Waals surface area (Å²) < 4.78 is 30.8. The monoisotopic (exact) mass is 511 g/mol. The standard InChI is InChI=1S/C30H29N3O3S/c1-4-32-27-13-9-8-12-25(27)26-19-23(16-17-28(26)32)31-30(34)20-33(29-18-21(2)14-15-22(29)3)37(35,36)24-10-6-5-7-11-24/h5-19H,4,20H2,1-3H3,(H,31,34). The number of hydrogen-bond donors (Lipinski definition) is 1. The van der Waals surface area contributed by atoms with Gasteiger partial charge in [-0.1, -0.05) is 48.5 Å². The fraction of sp³-hybridized carbons (Fsp3) is 0.167. The van der Waals surface area contributed by atoms with Gasteiger partial charge in [-0.15, -0.1) is 0 Å². The van der Waals surface area contributed by atoms with Crippen molar-refractivity contribution < 1.29 is 13.2 Å². The molecule has 0 aliphatic carbocycles. The first-order chi connectivity index (χ1) is 17.8. The summed E-state index contributed by atoms with van der Waals surface area (Å²) >= 11 is 0. The lowest BCUT2D eigenvalue weighted by atomic mass is 10.1. The number of fused-ring (bicyclic) bond motifs is 3. The van der Waals surface area contributed by atoms with E-state index in [-0.39, 0.29) is 11.4 Å². The summed E-state index contributed by atoms with van der Waals surface area (Å²) in [4.78, 5) is 13.4. The van der Waals surface area contributed by atoms with Gasteiger partial charge >= 0.3 is 0 Å². The third-order valence-corrected chi connectivity index (χ3v) is 8.40. The lowest BCUT2D eigenvalue weighted by Crippen LogP contribution is -2.38. The molecule has 7 heteroatoms. The van der Waals surface area contributed by atoms with Crippen LogP contribution in [0.2, 0.25) is 0 Å². The molecule has 0 bridgehead atoms. The van der Waals surface area contributed by atoms with E-state index < -0.39 is 15.9 Å². The van der Waals surface area contributed by atoms with Crippen LogP contribution < -0.4 is 9.62 Å². The molecular formula is C30H29N3O3S. The summed E-state index contributed by atoms with van der Waals surface area (Å²) in [6.45, 7) is 6.33. The lowest BCUT2D eigenvalue weighted by Gasteiger charge is -2.26. The Labute approximate surface area is 217 Å². The van der Waals surface area contributed by atoms with E-state index in [9.17, 15) is 13.2 Å². The van der Waals surface area contributed by atoms with Crippen LogP contribution in [0, 0.1) is 13.8 Å². The van der Waals surface area contributed by atoms with Gasteiger partial charge in [0.05, 0.1) is 10.6 Å². The van der Waals surface area contributed by atoms with Crippen molar-refractivity contribution in [2.45, 2.75) is 32.2 Å². The quantitative estimate of drug-likeness (QED) is 0.280. The number of sulfonamides is 1. The minimum Gasteiger partial charge on any atom is -0.341 e. The van der Waals surface area contributed by atoms with E-state index in [2.05, 4.69) is 28.9 Å². The Kier molecular flexibility index (Phi) is 6.48. The number of nitrogens with zero attached hydrogens (tertiary/aromatic N) is 2. The predicted octanol–water partition coefficient (Wildman–Crippen LogP) is 6.27. The summed E-state index contributed by atoms with van der Waals surface area (Å²) in [5.74, 6) is -0.418. The average Bonchev–Trinajstić information content (AvgIpc) is 3.22. The highest BCUT2D eigenvalue weighted by molar-refractivity contribution is 7.92. The summed E-state index contributed by atoms with van der Waals surface area (Å²) in [5, 5.41) is 5.08. The van der Waals surface area contributed by atoms with Crippen molar-refractivity contribution in [1.29, 1.82) is 0 Å². The van der Waals surface area contributed by atoms with Crippen LogP contribution >= 0.6 is 0 Å². The Balaban J connectivity index is 1.50. The van der Waals surface area contributed by atoms with Crippen molar-refractivity contribution in [1.82, 2.24) is 4.57 Å². The predicted molar refractivity (Wildman–Crippen MR) is 151 cm³/mol. The van der Waals surface area contributed by atoms with Gasteiger partial charge in [-0.2, -0.15) is 0 Å². The number of para-hydroxylation sites is 1. The van der Waals surface area contributed by atoms with Crippen molar-refractivity contribution in [2.24, 2.45) is 0 Å². The Hall–Kier alpha value is -4.10. The number of benzene rings is 4. The van der Waals surface area contributed by atoms with Crippen LogP contribution in [0.15, 0.2) is 95.9 Å². The van der Waals surface area contributed by atoms with Gasteiger partial charge in [0.15, 0.2) is 0 Å². The van der Waals surface area contributed by atoms with E-state index in [1.54, 1.807) is 36.4 Å². The van der Waals surface area contributed by atoms with Gasteiger partial charge in [0.25, 0.3) is 10.0 Å². The fourth-order valence-corrected chi connectivity index (χ4v) is 6.31. The van der Waals surface area contributed by atoms with Crippen LogP contribution in [0.4, 0.5) is 11.4 Å². The van der Waals surface area contributed by atoms with Crippen LogP contribution in [0.5, 0.6) is 0 Å². The van der Waals surface area contributed by atoms with E-state index in [1.165, 1.54) is 4.31 Å². The Morgan fingerprint density at radius 2 is 1.54 bits per heavy atom. The molecule has 1 N–H and O–H groups in total. The van der Waals surface area contributed by atoms with E-state index in [0.717, 1.165) is 39.5 Å². The van der Waals surface area contributed by atoms with Gasteiger partial charge in [0, 0.05) is 34.0 Å². The van der Waals surface area contributed by atoms with E-state index in [4.69, 9.17) is 0 Å². The molecule has 1 aromatic heterocycles. The van der Waals surface area contributed by atoms with Gasteiger partial charge in [0.2, 0.25) is 5.91 Å². The summed E-state index contributed by atoms with van der Waals surface area (Å²) in [6.07, 6.45) is 0. The normalized spacial score (nSPS) is 11.6. The van der Waals surface area contributed by atoms with Crippen molar-refractivity contribution in [3.05, 3.63) is 102 Å². The van der Waals surface area contributed by atoms with Crippen LogP contribution in [0.25, 0.3) is 21.8 Å². The lowest BCUT2D eigenvalue weighted by molar-refractivity contribution is -0.114. The molecule has 1 amide bonds. The molecular weight excluding hydrogens is 482 g/mol. The molecule has 4 aromatic carbocycles. The minimum absolute atomic E-state index is 0.137. The first kappa shape index (κ1) is 24.6. The zero-order chi connectivity index (χ0) is 26.2. The largest absolute Gasteiger partial charge is 0.341 e. The molecule has 5 rings (SSSR count). The Morgan fingerprint density at radius 3 is 2.30 bits per heavy atom. The van der Waals surface area contributed by atoms with Crippen molar-refractivity contribution in [2.75, 3.05) is 16.2 Å². The number of rotatable bonds is 7. The maximum Gasteiger partial charge on any atom is 0.264 e. The molecule has 1 heterocycles. The second kappa shape index (κ2) is 9.75. The van der Waals surface area contributed by atoms with Gasteiger partial charge in [-0.25, -0.2) is 8.42 Å². The number of hydrogen-bond acceptors (Lipinski definition) is 3. The molecule has 5 aromatic rings. The topological polar surface area (TPSA) is 71.4 Å². The first-order valence-electron chi connectivity index (χ1n) is 12.3. The molecule has 0 aliphatic heterocycles. The molecule has 188 valence electrons. The molecule has 0 fully saturated rings. The zero-order valence-electron chi connectivity index (χ0n) is 21.1. The number of nitrogens with one attached hydrogen (secondary N) is 1. The highest BCUT2D eigenvalue weighted by Gasteiger charge is 2.28. The zero-order valence-corrected chi connectivity index (χ0v) is 21.9. The average molecular weight is 512 g/mol. The number of carbonyl (C=O) groups is 1. The molecule has 0 saturated heterocycles. The van der Waals surface area contributed by atoms with Crippen molar-refractivity contribution in [3.63, 3.8) is 0 Å². The van der Waals surface area contributed by atoms with Crippen LogP contribution in [-0.4, -0.2) is 25.4 Å². The van der Waals surface area contributed by atoms with Gasteiger partial charge < -0.3 is 9.88 Å². The van der Waals surface area contributed by atoms with E-state index in [1.807, 2.05) is 56.3 Å². The fourth-order valence-electron chi connectivity index (χ4n) is 4.81. The summed E-state index contributed by atoms with van der Waals surface area (Å²) in [6, 6.07) is 27.8. The van der Waals surface area contributed by atoms with Gasteiger partial charge in [0.1, 0.15) is 6.54 Å². The number of amides is 1. The maximum absolute atomic E-state index is 13.7. The number of anilines is 2. The first-order valence-corrected chi connectivity index (χ1v) is 13.7. The molecule has 0 radical (unpaired) electrons. The maximum atomic E-state index is 13.7. The molecule has 0 atom stereocenters. The SMILES string of the molecule is CCn1c2ccccc2c2cc(NC(=O)CN(c3cc(C)ccc3C)S(=O)(=O)c3ccccc3)ccc21. The molecule has 37 heavy (non-hydrogen) atoms. The number of carbonyl (C=O) groups excluding carboxylic acids is 1. The van der Waals surface area contributed by atoms with Crippen LogP contribution in [0.1, 0.15) is 18.1 Å². The van der Waals surface area contributed by atoms with Gasteiger partial charge in [-0.05, 0) is 74.4 Å². The molecule has 0 spiro atoms. The highest BCUT2D eigenvalue weighted by atomic mass is 32.2. The minimum atomic E-state index is -3.98. The third kappa shape index (κ3) is 4.58. The Morgan fingerprint density at radius 1 is 0.838 bits per heavy atom. The second-order valence-electron chi connectivity index (χ2n) is 9.16. The summed E-state index contributed by atoms with van der Waals surface area (Å²) in [5.41, 5.74) is 5.01. The molecule has 0 saturated carbocycles. The smallest absolute Gasteiger partial charge is 0.264 e. The Bertz CT molecular complexity index is 1720. The third-order valence-electron chi connectivity index (χ3n) is 6.62. The van der Waals surface area contributed by atoms with Crippen LogP contribution in [0.3, 0.4) is 0 Å². The van der Waals surface area contributed by atoms with E-state index >= 15 is 0 Å². The molecule has 0 unspecified atom stereocenters. The molecule has 6 nitrogen and oxygen atoms in total. The van der Waals surface area contributed by atoms with E-state index in [0.29, 0.717) is 11.4 Å². The van der Waals surface area contributed by atoms with Crippen molar-refractivity contribution in [3.8, 4) is 0 Å². The van der Waals surface area contributed by atoms with Crippen molar-refractivity contribution >= 4 is 49.1 Å². The van der Waals surface area contributed by atoms with Crippen LogP contribution in [-0.2, 0) is 21.4 Å². The second-order valence-corrected chi connectivity index (χ2v) is 11.0. The summed E-state index contributed by atoms with van der Waals surface area (Å²) in [7, 11) is -3.98. The number of aromatic nitrogens is 1. The number of aryl methyl sites for hydroxylation is 3. The highest BCUT2D eigenvalue weighted by Crippen LogP contribution is 2.32. The van der Waals surface area contributed by atoms with Gasteiger partial charge in [-0.3, -0.25) is 9.10 Å².